The zero-order valence-corrected chi connectivity index (χ0v) is 17.0. The Morgan fingerprint density at radius 1 is 1.14 bits per heavy atom. The molecule has 0 atom stereocenters. The minimum Gasteiger partial charge on any atom is -0.493 e. The number of benzene rings is 1. The third kappa shape index (κ3) is 4.81. The highest BCUT2D eigenvalue weighted by Gasteiger charge is 2.26. The maximum absolute atomic E-state index is 12.9. The largest absolute Gasteiger partial charge is 0.493 e. The number of fused-ring (bicyclic) bond motifs is 1. The molecule has 2 aromatic rings. The smallest absolute Gasteiger partial charge is 0.254 e. The minimum atomic E-state index is 0.0818. The number of pyridine rings is 1. The highest BCUT2D eigenvalue weighted by molar-refractivity contribution is 5.97. The number of methoxy groups -OCH3 is 2. The van der Waals surface area contributed by atoms with Crippen LogP contribution in [0.3, 0.4) is 0 Å². The Kier molecular flexibility index (Phi) is 6.87. The van der Waals surface area contributed by atoms with E-state index in [2.05, 4.69) is 23.0 Å². The van der Waals surface area contributed by atoms with Gasteiger partial charge in [0.2, 0.25) is 0 Å². The van der Waals surface area contributed by atoms with Gasteiger partial charge in [-0.05, 0) is 56.3 Å². The van der Waals surface area contributed by atoms with E-state index in [1.165, 1.54) is 0 Å². The standard InChI is InChI=1S/C22H29N3O3/c1-24(13-9-18-7-4-5-10-23-18)11-6-12-25-14-8-17-15-20(27-2)21(28-3)16-19(17)22(25)26/h4-5,7,10,15-16H,6,8-9,11-14H2,1-3H3. The van der Waals surface area contributed by atoms with Crippen molar-refractivity contribution in [3.05, 3.63) is 53.3 Å². The first-order chi connectivity index (χ1) is 13.6. The van der Waals surface area contributed by atoms with Crippen LogP contribution in [0.15, 0.2) is 36.5 Å². The summed E-state index contributed by atoms with van der Waals surface area (Å²) in [6.45, 7) is 3.43. The molecule has 150 valence electrons. The summed E-state index contributed by atoms with van der Waals surface area (Å²) in [5.41, 5.74) is 2.88. The van der Waals surface area contributed by atoms with Crippen molar-refractivity contribution < 1.29 is 14.3 Å². The number of amides is 1. The van der Waals surface area contributed by atoms with E-state index in [0.717, 1.165) is 62.3 Å². The zero-order chi connectivity index (χ0) is 19.9. The third-order valence-electron chi connectivity index (χ3n) is 5.22. The fraction of sp³-hybridized carbons (Fsp3) is 0.455. The summed E-state index contributed by atoms with van der Waals surface area (Å²) in [6, 6.07) is 9.75. The van der Waals surface area contributed by atoms with Gasteiger partial charge in [0.25, 0.3) is 5.91 Å². The quantitative estimate of drug-likeness (QED) is 0.666. The first-order valence-electron chi connectivity index (χ1n) is 9.75. The lowest BCUT2D eigenvalue weighted by molar-refractivity contribution is 0.0732. The molecule has 0 bridgehead atoms. The average Bonchev–Trinajstić information content (AvgIpc) is 2.73. The summed E-state index contributed by atoms with van der Waals surface area (Å²) < 4.78 is 10.7. The Hall–Kier alpha value is -2.60. The lowest BCUT2D eigenvalue weighted by Crippen LogP contribution is -2.39. The number of nitrogens with zero attached hydrogens (tertiary/aromatic N) is 3. The van der Waals surface area contributed by atoms with Crippen LogP contribution in [-0.4, -0.2) is 68.1 Å². The van der Waals surface area contributed by atoms with Crippen LogP contribution in [0.4, 0.5) is 0 Å². The molecule has 2 heterocycles. The Morgan fingerprint density at radius 2 is 1.93 bits per heavy atom. The summed E-state index contributed by atoms with van der Waals surface area (Å²) in [4.78, 5) is 21.5. The second kappa shape index (κ2) is 9.55. The fourth-order valence-electron chi connectivity index (χ4n) is 3.56. The molecule has 3 rings (SSSR count). The molecule has 0 spiro atoms. The number of hydrogen-bond acceptors (Lipinski definition) is 5. The van der Waals surface area contributed by atoms with Crippen molar-refractivity contribution in [2.75, 3.05) is 47.4 Å². The summed E-state index contributed by atoms with van der Waals surface area (Å²) in [5, 5.41) is 0. The van der Waals surface area contributed by atoms with Crippen LogP contribution in [0.25, 0.3) is 0 Å². The van der Waals surface area contributed by atoms with Gasteiger partial charge in [-0.3, -0.25) is 9.78 Å². The Bertz CT molecular complexity index is 795. The number of hydrogen-bond donors (Lipinski definition) is 0. The van der Waals surface area contributed by atoms with Crippen LogP contribution < -0.4 is 9.47 Å². The SMILES string of the molecule is COc1cc2c(cc1OC)C(=O)N(CCCN(C)CCc1ccccn1)CC2. The zero-order valence-electron chi connectivity index (χ0n) is 17.0. The molecule has 1 aromatic carbocycles. The van der Waals surface area contributed by atoms with Crippen LogP contribution in [0, 0.1) is 0 Å². The first-order valence-corrected chi connectivity index (χ1v) is 9.75. The molecule has 1 aromatic heterocycles. The predicted octanol–water partition coefficient (Wildman–Crippen LogP) is 2.66. The molecule has 0 fully saturated rings. The van der Waals surface area contributed by atoms with E-state index in [0.29, 0.717) is 11.5 Å². The van der Waals surface area contributed by atoms with Gasteiger partial charge in [-0.25, -0.2) is 0 Å². The molecule has 0 unspecified atom stereocenters. The van der Waals surface area contributed by atoms with Crippen molar-refractivity contribution in [3.8, 4) is 11.5 Å². The lowest BCUT2D eigenvalue weighted by atomic mass is 9.98. The molecule has 0 saturated carbocycles. The Morgan fingerprint density at radius 3 is 2.64 bits per heavy atom. The average molecular weight is 383 g/mol. The molecular formula is C22H29N3O3. The fourth-order valence-corrected chi connectivity index (χ4v) is 3.56. The van der Waals surface area contributed by atoms with Crippen LogP contribution in [0.5, 0.6) is 11.5 Å². The van der Waals surface area contributed by atoms with Crippen molar-refractivity contribution >= 4 is 5.91 Å². The van der Waals surface area contributed by atoms with E-state index in [1.807, 2.05) is 35.4 Å². The lowest BCUT2D eigenvalue weighted by Gasteiger charge is -2.30. The summed E-state index contributed by atoms with van der Waals surface area (Å²) in [6.07, 6.45) is 4.57. The van der Waals surface area contributed by atoms with E-state index in [9.17, 15) is 4.79 Å². The molecule has 0 aliphatic carbocycles. The second-order valence-electron chi connectivity index (χ2n) is 7.13. The van der Waals surface area contributed by atoms with Gasteiger partial charge in [-0.1, -0.05) is 6.07 Å². The molecule has 28 heavy (non-hydrogen) atoms. The van der Waals surface area contributed by atoms with E-state index in [-0.39, 0.29) is 5.91 Å². The van der Waals surface area contributed by atoms with Gasteiger partial charge in [-0.2, -0.15) is 0 Å². The number of ether oxygens (including phenoxy) is 2. The topological polar surface area (TPSA) is 54.9 Å². The van der Waals surface area contributed by atoms with Crippen LogP contribution >= 0.6 is 0 Å². The van der Waals surface area contributed by atoms with E-state index in [4.69, 9.17) is 9.47 Å². The predicted molar refractivity (Wildman–Crippen MR) is 109 cm³/mol. The van der Waals surface area contributed by atoms with Crippen LogP contribution in [-0.2, 0) is 12.8 Å². The molecular weight excluding hydrogens is 354 g/mol. The van der Waals surface area contributed by atoms with E-state index in [1.54, 1.807) is 14.2 Å². The monoisotopic (exact) mass is 383 g/mol. The Balaban J connectivity index is 1.50. The second-order valence-corrected chi connectivity index (χ2v) is 7.13. The maximum atomic E-state index is 12.9. The molecule has 0 N–H and O–H groups in total. The van der Waals surface area contributed by atoms with Crippen molar-refractivity contribution in [2.45, 2.75) is 19.3 Å². The number of likely N-dealkylation sites (N-methyl/N-ethyl adjacent to an activating group) is 1. The van der Waals surface area contributed by atoms with Crippen molar-refractivity contribution in [1.29, 1.82) is 0 Å². The number of carbonyl (C=O) groups is 1. The molecule has 6 heteroatoms. The molecule has 0 saturated heterocycles. The molecule has 6 nitrogen and oxygen atoms in total. The number of rotatable bonds is 9. The highest BCUT2D eigenvalue weighted by atomic mass is 16.5. The molecule has 1 aliphatic rings. The summed E-state index contributed by atoms with van der Waals surface area (Å²) in [7, 11) is 5.33. The summed E-state index contributed by atoms with van der Waals surface area (Å²) in [5.74, 6) is 1.36. The third-order valence-corrected chi connectivity index (χ3v) is 5.22. The Labute approximate surface area is 167 Å². The van der Waals surface area contributed by atoms with Gasteiger partial charge in [0, 0.05) is 43.5 Å². The van der Waals surface area contributed by atoms with Gasteiger partial charge in [0.1, 0.15) is 0 Å². The van der Waals surface area contributed by atoms with Gasteiger partial charge in [0.05, 0.1) is 14.2 Å². The highest BCUT2D eigenvalue weighted by Crippen LogP contribution is 2.33. The van der Waals surface area contributed by atoms with Gasteiger partial charge in [-0.15, -0.1) is 0 Å². The van der Waals surface area contributed by atoms with Crippen LogP contribution in [0.2, 0.25) is 0 Å². The van der Waals surface area contributed by atoms with Crippen LogP contribution in [0.1, 0.15) is 28.0 Å². The van der Waals surface area contributed by atoms with E-state index < -0.39 is 0 Å². The summed E-state index contributed by atoms with van der Waals surface area (Å²) >= 11 is 0. The minimum absolute atomic E-state index is 0.0818. The number of aromatic nitrogens is 1. The van der Waals surface area contributed by atoms with E-state index >= 15 is 0 Å². The van der Waals surface area contributed by atoms with Gasteiger partial charge >= 0.3 is 0 Å². The normalized spacial score (nSPS) is 13.6. The first kappa shape index (κ1) is 20.1. The molecule has 1 amide bonds. The molecule has 0 radical (unpaired) electrons. The van der Waals surface area contributed by atoms with Gasteiger partial charge < -0.3 is 19.3 Å². The van der Waals surface area contributed by atoms with Crippen molar-refractivity contribution in [3.63, 3.8) is 0 Å². The maximum Gasteiger partial charge on any atom is 0.254 e. The van der Waals surface area contributed by atoms with Crippen molar-refractivity contribution in [1.82, 2.24) is 14.8 Å². The van der Waals surface area contributed by atoms with Gasteiger partial charge in [0.15, 0.2) is 11.5 Å². The molecule has 1 aliphatic heterocycles. The number of carbonyl (C=O) groups excluding carboxylic acids is 1. The van der Waals surface area contributed by atoms with Crippen molar-refractivity contribution in [2.24, 2.45) is 0 Å².